The molecular weight excluding hydrogens is 464 g/mol. The number of sulfonamides is 1. The molecule has 29 heavy (non-hydrogen) atoms. The predicted octanol–water partition coefficient (Wildman–Crippen LogP) is 1.86. The standard InChI is InChI=1S/C17H17BrN6O4S/c1-11-16(19-22-24(11)21-13-5-3-12(18)4-6-13)17(25)20-23-29(26,27)15-9-7-14(28-2)8-10-15/h3-10,21,23H,1-2H3,(H,20,25). The number of nitrogens with zero attached hydrogens (tertiary/aromatic N) is 3. The van der Waals surface area contributed by atoms with Crippen LogP contribution in [0.2, 0.25) is 0 Å². The Labute approximate surface area is 175 Å². The molecular formula is C17H17BrN6O4S. The Kier molecular flexibility index (Phi) is 6.15. The normalized spacial score (nSPS) is 11.1. The zero-order valence-corrected chi connectivity index (χ0v) is 17.8. The van der Waals surface area contributed by atoms with Crippen molar-refractivity contribution in [1.82, 2.24) is 25.4 Å². The van der Waals surface area contributed by atoms with Gasteiger partial charge in [-0.15, -0.1) is 9.93 Å². The molecule has 12 heteroatoms. The number of aromatic nitrogens is 3. The summed E-state index contributed by atoms with van der Waals surface area (Å²) >= 11 is 3.35. The Morgan fingerprint density at radius 2 is 1.76 bits per heavy atom. The van der Waals surface area contributed by atoms with Gasteiger partial charge < -0.3 is 4.74 Å². The van der Waals surface area contributed by atoms with E-state index in [0.717, 1.165) is 10.2 Å². The Morgan fingerprint density at radius 3 is 2.38 bits per heavy atom. The van der Waals surface area contributed by atoms with E-state index < -0.39 is 15.9 Å². The molecule has 0 unspecified atom stereocenters. The number of hydrogen-bond acceptors (Lipinski definition) is 7. The molecule has 1 heterocycles. The minimum absolute atomic E-state index is 0.0316. The molecule has 0 aliphatic carbocycles. The molecule has 2 aromatic carbocycles. The van der Waals surface area contributed by atoms with Crippen molar-refractivity contribution < 1.29 is 17.9 Å². The molecule has 3 N–H and O–H groups in total. The van der Waals surface area contributed by atoms with E-state index in [1.807, 2.05) is 29.1 Å². The van der Waals surface area contributed by atoms with Crippen LogP contribution in [0.5, 0.6) is 5.75 Å². The van der Waals surface area contributed by atoms with E-state index in [1.165, 1.54) is 36.2 Å². The Hall–Kier alpha value is -2.96. The lowest BCUT2D eigenvalue weighted by Gasteiger charge is -2.09. The summed E-state index contributed by atoms with van der Waals surface area (Å²) < 4.78 is 30.5. The minimum Gasteiger partial charge on any atom is -0.497 e. The molecule has 1 amide bonds. The monoisotopic (exact) mass is 480 g/mol. The number of hydrazine groups is 1. The molecule has 0 saturated heterocycles. The van der Waals surface area contributed by atoms with Crippen LogP contribution in [0.1, 0.15) is 16.2 Å². The van der Waals surface area contributed by atoms with Crippen molar-refractivity contribution in [3.05, 3.63) is 64.4 Å². The van der Waals surface area contributed by atoms with Crippen LogP contribution in [0, 0.1) is 6.92 Å². The van der Waals surface area contributed by atoms with Gasteiger partial charge in [0.15, 0.2) is 5.69 Å². The number of rotatable bonds is 7. The lowest BCUT2D eigenvalue weighted by Crippen LogP contribution is -2.42. The number of carbonyl (C=O) groups excluding carboxylic acids is 1. The summed E-state index contributed by atoms with van der Waals surface area (Å²) in [6.07, 6.45) is 0. The fraction of sp³-hybridized carbons (Fsp3) is 0.118. The van der Waals surface area contributed by atoms with E-state index >= 15 is 0 Å². The number of hydrogen-bond donors (Lipinski definition) is 3. The van der Waals surface area contributed by atoms with Crippen LogP contribution in [0.15, 0.2) is 57.9 Å². The maximum Gasteiger partial charge on any atom is 0.288 e. The van der Waals surface area contributed by atoms with Gasteiger partial charge in [-0.3, -0.25) is 15.6 Å². The van der Waals surface area contributed by atoms with E-state index in [1.54, 1.807) is 6.92 Å². The Balaban J connectivity index is 1.67. The Morgan fingerprint density at radius 1 is 1.10 bits per heavy atom. The van der Waals surface area contributed by atoms with Gasteiger partial charge in [-0.25, -0.2) is 8.42 Å². The number of ether oxygens (including phenoxy) is 1. The van der Waals surface area contributed by atoms with Gasteiger partial charge in [0.05, 0.1) is 23.4 Å². The van der Waals surface area contributed by atoms with E-state index in [4.69, 9.17) is 4.74 Å². The molecule has 3 rings (SSSR count). The zero-order chi connectivity index (χ0) is 21.0. The Bertz CT molecular complexity index is 1110. The summed E-state index contributed by atoms with van der Waals surface area (Å²) in [7, 11) is -2.48. The van der Waals surface area contributed by atoms with Crippen molar-refractivity contribution in [2.45, 2.75) is 11.8 Å². The van der Waals surface area contributed by atoms with Crippen LogP contribution in [0.4, 0.5) is 5.69 Å². The van der Waals surface area contributed by atoms with Gasteiger partial charge in [0, 0.05) is 4.47 Å². The molecule has 0 radical (unpaired) electrons. The molecule has 0 bridgehead atoms. The molecule has 0 fully saturated rings. The molecule has 152 valence electrons. The maximum atomic E-state index is 12.3. The first kappa shape index (κ1) is 20.8. The number of methoxy groups -OCH3 is 1. The summed E-state index contributed by atoms with van der Waals surface area (Å²) in [6.45, 7) is 1.62. The first-order chi connectivity index (χ1) is 13.8. The second-order valence-corrected chi connectivity index (χ2v) is 8.39. The molecule has 0 spiro atoms. The van der Waals surface area contributed by atoms with Gasteiger partial charge in [-0.1, -0.05) is 15.9 Å². The first-order valence-corrected chi connectivity index (χ1v) is 10.5. The van der Waals surface area contributed by atoms with Crippen molar-refractivity contribution in [3.8, 4) is 5.75 Å². The number of amides is 1. The predicted molar refractivity (Wildman–Crippen MR) is 109 cm³/mol. The highest BCUT2D eigenvalue weighted by atomic mass is 79.9. The van der Waals surface area contributed by atoms with Crippen LogP contribution in [-0.4, -0.2) is 36.5 Å². The highest BCUT2D eigenvalue weighted by Gasteiger charge is 2.20. The summed E-state index contributed by atoms with van der Waals surface area (Å²) in [5, 5.41) is 7.67. The molecule has 10 nitrogen and oxygen atoms in total. The van der Waals surface area contributed by atoms with Crippen LogP contribution < -0.4 is 20.4 Å². The van der Waals surface area contributed by atoms with Gasteiger partial charge in [0.1, 0.15) is 5.75 Å². The number of benzene rings is 2. The quantitative estimate of drug-likeness (QED) is 0.440. The number of carbonyl (C=O) groups is 1. The first-order valence-electron chi connectivity index (χ1n) is 8.21. The molecule has 3 aromatic rings. The van der Waals surface area contributed by atoms with Gasteiger partial charge >= 0.3 is 0 Å². The molecule has 1 aromatic heterocycles. The van der Waals surface area contributed by atoms with Gasteiger partial charge in [0.25, 0.3) is 15.9 Å². The summed E-state index contributed by atoms with van der Waals surface area (Å²) in [5.41, 5.74) is 6.20. The highest BCUT2D eigenvalue weighted by Crippen LogP contribution is 2.16. The number of anilines is 1. The minimum atomic E-state index is -3.96. The van der Waals surface area contributed by atoms with Crippen LogP contribution in [-0.2, 0) is 10.0 Å². The third-order valence-electron chi connectivity index (χ3n) is 3.86. The zero-order valence-electron chi connectivity index (χ0n) is 15.4. The second kappa shape index (κ2) is 8.59. The number of nitrogens with one attached hydrogen (secondary N) is 3. The third-order valence-corrected chi connectivity index (χ3v) is 5.65. The second-order valence-electron chi connectivity index (χ2n) is 5.79. The summed E-state index contributed by atoms with van der Waals surface area (Å²) in [6, 6.07) is 13.0. The molecule has 0 aliphatic rings. The topological polar surface area (TPSA) is 127 Å². The van der Waals surface area contributed by atoms with Crippen molar-refractivity contribution in [2.24, 2.45) is 0 Å². The summed E-state index contributed by atoms with van der Waals surface area (Å²) in [5.74, 6) is -0.234. The maximum absolute atomic E-state index is 12.3. The van der Waals surface area contributed by atoms with E-state index in [2.05, 4.69) is 37.1 Å². The van der Waals surface area contributed by atoms with Gasteiger partial charge in [-0.05, 0) is 60.7 Å². The highest BCUT2D eigenvalue weighted by molar-refractivity contribution is 9.10. The van der Waals surface area contributed by atoms with E-state index in [-0.39, 0.29) is 10.6 Å². The fourth-order valence-corrected chi connectivity index (χ4v) is 3.38. The largest absolute Gasteiger partial charge is 0.497 e. The van der Waals surface area contributed by atoms with Gasteiger partial charge in [0.2, 0.25) is 0 Å². The smallest absolute Gasteiger partial charge is 0.288 e. The SMILES string of the molecule is COc1ccc(S(=O)(=O)NNC(=O)c2nnn(Nc3ccc(Br)cc3)c2C)cc1. The molecule has 0 saturated carbocycles. The van der Waals surface area contributed by atoms with E-state index in [9.17, 15) is 13.2 Å². The third kappa shape index (κ3) is 4.91. The van der Waals surface area contributed by atoms with Crippen molar-refractivity contribution in [3.63, 3.8) is 0 Å². The lowest BCUT2D eigenvalue weighted by molar-refractivity contribution is 0.0939. The van der Waals surface area contributed by atoms with E-state index in [0.29, 0.717) is 11.4 Å². The number of halogens is 1. The average molecular weight is 481 g/mol. The molecule has 0 atom stereocenters. The van der Waals surface area contributed by atoms with Crippen molar-refractivity contribution >= 4 is 37.5 Å². The van der Waals surface area contributed by atoms with Crippen molar-refractivity contribution in [2.75, 3.05) is 12.5 Å². The summed E-state index contributed by atoms with van der Waals surface area (Å²) in [4.78, 5) is 15.7. The van der Waals surface area contributed by atoms with Crippen LogP contribution >= 0.6 is 15.9 Å². The average Bonchev–Trinajstić information content (AvgIpc) is 3.08. The van der Waals surface area contributed by atoms with Crippen molar-refractivity contribution in [1.29, 1.82) is 0 Å². The molecule has 0 aliphatic heterocycles. The fourth-order valence-electron chi connectivity index (χ4n) is 2.28. The van der Waals surface area contributed by atoms with Gasteiger partial charge in [-0.2, -0.15) is 4.79 Å². The van der Waals surface area contributed by atoms with Crippen LogP contribution in [0.25, 0.3) is 0 Å². The van der Waals surface area contributed by atoms with Crippen LogP contribution in [0.3, 0.4) is 0 Å². The lowest BCUT2D eigenvalue weighted by atomic mass is 10.3.